The highest BCUT2D eigenvalue weighted by Gasteiger charge is 2.42. The van der Waals surface area contributed by atoms with Crippen molar-refractivity contribution in [2.75, 3.05) is 0 Å². The number of aryl methyl sites for hydroxylation is 1. The first-order valence-electron chi connectivity index (χ1n) is 7.42. The van der Waals surface area contributed by atoms with Crippen molar-refractivity contribution in [3.05, 3.63) is 52.0 Å². The molecule has 1 heterocycles. The molecule has 1 aromatic carbocycles. The van der Waals surface area contributed by atoms with Gasteiger partial charge in [-0.25, -0.2) is 4.98 Å². The van der Waals surface area contributed by atoms with Gasteiger partial charge in [0.15, 0.2) is 0 Å². The first kappa shape index (κ1) is 13.8. The SMILES string of the molecule is Cc1cnc(C(O)(c2ccccc2)C2CCCCC2)s1. The van der Waals surface area contributed by atoms with Crippen LogP contribution < -0.4 is 0 Å². The molecule has 1 saturated carbocycles. The Morgan fingerprint density at radius 2 is 1.85 bits per heavy atom. The Balaban J connectivity index is 2.06. The number of hydrogen-bond acceptors (Lipinski definition) is 3. The van der Waals surface area contributed by atoms with Gasteiger partial charge in [-0.3, -0.25) is 0 Å². The summed E-state index contributed by atoms with van der Waals surface area (Å²) in [5.41, 5.74) is 0.0712. The Morgan fingerprint density at radius 1 is 1.15 bits per heavy atom. The quantitative estimate of drug-likeness (QED) is 0.914. The van der Waals surface area contributed by atoms with Crippen LogP contribution in [0, 0.1) is 12.8 Å². The Bertz CT molecular complexity index is 559. The largest absolute Gasteiger partial charge is 0.378 e. The van der Waals surface area contributed by atoms with E-state index in [0.717, 1.165) is 28.3 Å². The fourth-order valence-corrected chi connectivity index (χ4v) is 4.23. The Labute approximate surface area is 124 Å². The Morgan fingerprint density at radius 3 is 2.45 bits per heavy atom. The molecule has 1 aliphatic carbocycles. The zero-order valence-electron chi connectivity index (χ0n) is 11.9. The summed E-state index contributed by atoms with van der Waals surface area (Å²) >= 11 is 1.62. The average Bonchev–Trinajstić information content (AvgIpc) is 2.95. The van der Waals surface area contributed by atoms with Crippen LogP contribution in [-0.2, 0) is 5.60 Å². The minimum Gasteiger partial charge on any atom is -0.378 e. The maximum atomic E-state index is 11.5. The van der Waals surface area contributed by atoms with Gasteiger partial charge in [-0.2, -0.15) is 0 Å². The van der Waals surface area contributed by atoms with E-state index in [2.05, 4.69) is 4.98 Å². The van der Waals surface area contributed by atoms with Gasteiger partial charge in [-0.1, -0.05) is 49.6 Å². The van der Waals surface area contributed by atoms with Crippen LogP contribution in [0.15, 0.2) is 36.5 Å². The van der Waals surface area contributed by atoms with Gasteiger partial charge in [-0.15, -0.1) is 11.3 Å². The molecular weight excluding hydrogens is 266 g/mol. The highest BCUT2D eigenvalue weighted by atomic mass is 32.1. The molecule has 1 unspecified atom stereocenters. The lowest BCUT2D eigenvalue weighted by Crippen LogP contribution is -2.37. The highest BCUT2D eigenvalue weighted by molar-refractivity contribution is 7.11. The van der Waals surface area contributed by atoms with Gasteiger partial charge < -0.3 is 5.11 Å². The van der Waals surface area contributed by atoms with E-state index in [1.54, 1.807) is 11.3 Å². The minimum absolute atomic E-state index is 0.282. The second kappa shape index (κ2) is 5.66. The fourth-order valence-electron chi connectivity index (χ4n) is 3.28. The van der Waals surface area contributed by atoms with Crippen molar-refractivity contribution >= 4 is 11.3 Å². The molecule has 3 rings (SSSR count). The van der Waals surface area contributed by atoms with Crippen molar-refractivity contribution < 1.29 is 5.11 Å². The van der Waals surface area contributed by atoms with E-state index in [0.29, 0.717) is 0 Å². The summed E-state index contributed by atoms with van der Waals surface area (Å²) in [7, 11) is 0. The van der Waals surface area contributed by atoms with Crippen LogP contribution in [0.5, 0.6) is 0 Å². The first-order valence-corrected chi connectivity index (χ1v) is 8.23. The standard InChI is InChI=1S/C17H21NOS/c1-13-12-18-16(20-13)17(19,14-8-4-2-5-9-14)15-10-6-3-7-11-15/h2,4-5,8-9,12,15,19H,3,6-7,10-11H2,1H3. The maximum Gasteiger partial charge on any atom is 0.144 e. The number of aromatic nitrogens is 1. The van der Waals surface area contributed by atoms with Gasteiger partial charge in [0, 0.05) is 11.1 Å². The number of benzene rings is 1. The summed E-state index contributed by atoms with van der Waals surface area (Å²) in [5.74, 6) is 0.282. The van der Waals surface area contributed by atoms with E-state index in [1.807, 2.05) is 43.5 Å². The molecule has 1 aliphatic rings. The van der Waals surface area contributed by atoms with Crippen molar-refractivity contribution in [3.63, 3.8) is 0 Å². The Hall–Kier alpha value is -1.19. The molecule has 0 saturated heterocycles. The van der Waals surface area contributed by atoms with Gasteiger partial charge in [-0.05, 0) is 31.2 Å². The molecule has 2 aromatic rings. The monoisotopic (exact) mass is 287 g/mol. The highest BCUT2D eigenvalue weighted by Crippen LogP contribution is 2.44. The molecule has 0 amide bonds. The van der Waals surface area contributed by atoms with Crippen molar-refractivity contribution in [3.8, 4) is 0 Å². The normalized spacial score (nSPS) is 19.7. The molecular formula is C17H21NOS. The number of thiazole rings is 1. The lowest BCUT2D eigenvalue weighted by atomic mass is 9.73. The summed E-state index contributed by atoms with van der Waals surface area (Å²) in [6.45, 7) is 2.05. The van der Waals surface area contributed by atoms with E-state index in [4.69, 9.17) is 0 Å². The molecule has 2 nitrogen and oxygen atoms in total. The third-order valence-electron chi connectivity index (χ3n) is 4.36. The van der Waals surface area contributed by atoms with Crippen LogP contribution in [0.4, 0.5) is 0 Å². The molecule has 1 atom stereocenters. The van der Waals surface area contributed by atoms with Crippen molar-refractivity contribution in [2.24, 2.45) is 5.92 Å². The zero-order valence-corrected chi connectivity index (χ0v) is 12.7. The summed E-state index contributed by atoms with van der Waals surface area (Å²) in [6.07, 6.45) is 7.76. The van der Waals surface area contributed by atoms with Gasteiger partial charge in [0.25, 0.3) is 0 Å². The van der Waals surface area contributed by atoms with Gasteiger partial charge in [0.05, 0.1) is 0 Å². The van der Waals surface area contributed by atoms with Crippen LogP contribution in [0.1, 0.15) is 47.6 Å². The Kier molecular flexibility index (Phi) is 3.90. The van der Waals surface area contributed by atoms with E-state index >= 15 is 0 Å². The molecule has 1 fully saturated rings. The van der Waals surface area contributed by atoms with Crippen LogP contribution >= 0.6 is 11.3 Å². The molecule has 1 aromatic heterocycles. The van der Waals surface area contributed by atoms with Crippen molar-refractivity contribution in [1.82, 2.24) is 4.98 Å². The predicted molar refractivity (Wildman–Crippen MR) is 82.9 cm³/mol. The van der Waals surface area contributed by atoms with Gasteiger partial charge >= 0.3 is 0 Å². The molecule has 0 spiro atoms. The van der Waals surface area contributed by atoms with Gasteiger partial charge in [0.2, 0.25) is 0 Å². The first-order chi connectivity index (χ1) is 9.71. The number of rotatable bonds is 3. The maximum absolute atomic E-state index is 11.5. The van der Waals surface area contributed by atoms with E-state index in [-0.39, 0.29) is 5.92 Å². The van der Waals surface area contributed by atoms with Crippen LogP contribution in [0.3, 0.4) is 0 Å². The van der Waals surface area contributed by atoms with E-state index < -0.39 is 5.60 Å². The summed E-state index contributed by atoms with van der Waals surface area (Å²) < 4.78 is 0. The van der Waals surface area contributed by atoms with Crippen LogP contribution in [0.25, 0.3) is 0 Å². The lowest BCUT2D eigenvalue weighted by molar-refractivity contribution is -0.000882. The van der Waals surface area contributed by atoms with Gasteiger partial charge in [0.1, 0.15) is 10.6 Å². The van der Waals surface area contributed by atoms with E-state index in [1.165, 1.54) is 19.3 Å². The molecule has 20 heavy (non-hydrogen) atoms. The van der Waals surface area contributed by atoms with Crippen molar-refractivity contribution in [1.29, 1.82) is 0 Å². The zero-order chi connectivity index (χ0) is 14.0. The number of aliphatic hydroxyl groups is 1. The molecule has 3 heteroatoms. The molecule has 0 radical (unpaired) electrons. The summed E-state index contributed by atoms with van der Waals surface area (Å²) in [5, 5.41) is 12.4. The summed E-state index contributed by atoms with van der Waals surface area (Å²) in [6, 6.07) is 10.1. The van der Waals surface area contributed by atoms with Crippen LogP contribution in [-0.4, -0.2) is 10.1 Å². The fraction of sp³-hybridized carbons (Fsp3) is 0.471. The number of hydrogen-bond donors (Lipinski definition) is 1. The average molecular weight is 287 g/mol. The summed E-state index contributed by atoms with van der Waals surface area (Å²) in [4.78, 5) is 5.67. The molecule has 106 valence electrons. The predicted octanol–water partition coefficient (Wildman–Crippen LogP) is 4.27. The molecule has 0 aliphatic heterocycles. The van der Waals surface area contributed by atoms with E-state index in [9.17, 15) is 5.11 Å². The second-order valence-electron chi connectivity index (χ2n) is 5.74. The topological polar surface area (TPSA) is 33.1 Å². The molecule has 0 bridgehead atoms. The third kappa shape index (κ3) is 2.40. The smallest absolute Gasteiger partial charge is 0.144 e. The second-order valence-corrected chi connectivity index (χ2v) is 6.98. The third-order valence-corrected chi connectivity index (χ3v) is 5.39. The number of nitrogens with zero attached hydrogens (tertiary/aromatic N) is 1. The lowest BCUT2D eigenvalue weighted by Gasteiger charge is -2.37. The molecule has 1 N–H and O–H groups in total. The van der Waals surface area contributed by atoms with Crippen molar-refractivity contribution in [2.45, 2.75) is 44.6 Å². The minimum atomic E-state index is -0.916. The van der Waals surface area contributed by atoms with Crippen LogP contribution in [0.2, 0.25) is 0 Å².